The Kier molecular flexibility index (Phi) is 4.56. The minimum absolute atomic E-state index is 0.443. The maximum Gasteiger partial charge on any atom is 0.180 e. The fourth-order valence-electron chi connectivity index (χ4n) is 0.635. The molecule has 0 unspecified atom stereocenters. The van der Waals surface area contributed by atoms with Crippen molar-refractivity contribution >= 4 is 50.6 Å². The number of amidine groups is 1. The van der Waals surface area contributed by atoms with E-state index in [0.29, 0.717) is 5.17 Å². The van der Waals surface area contributed by atoms with Crippen molar-refractivity contribution in [1.29, 1.82) is 0 Å². The molecule has 1 rings (SSSR count). The Morgan fingerprint density at radius 3 is 2.93 bits per heavy atom. The summed E-state index contributed by atoms with van der Waals surface area (Å²) in [5.41, 5.74) is 6.41. The van der Waals surface area contributed by atoms with Crippen LogP contribution in [0.5, 0.6) is 0 Å². The van der Waals surface area contributed by atoms with E-state index in [2.05, 4.69) is 30.5 Å². The molecule has 76 valence electrons. The van der Waals surface area contributed by atoms with Crippen LogP contribution in [0.1, 0.15) is 10.6 Å². The Bertz CT molecular complexity index is 372. The lowest BCUT2D eigenvalue weighted by atomic mass is 10.4. The van der Waals surface area contributed by atoms with Crippen LogP contribution in [0.15, 0.2) is 14.7 Å². The number of halogens is 1. The molecule has 0 spiro atoms. The van der Waals surface area contributed by atoms with Gasteiger partial charge in [-0.15, -0.1) is 5.10 Å². The van der Waals surface area contributed by atoms with Crippen LogP contribution in [-0.2, 0) is 0 Å². The third-order valence-corrected chi connectivity index (χ3v) is 3.99. The highest BCUT2D eigenvalue weighted by atomic mass is 79.9. The van der Waals surface area contributed by atoms with Crippen LogP contribution in [-0.4, -0.2) is 22.0 Å². The summed E-state index contributed by atoms with van der Waals surface area (Å²) in [5, 5.41) is 8.06. The predicted molar refractivity (Wildman–Crippen MR) is 67.3 cm³/mol. The molecule has 0 saturated heterocycles. The standard InChI is InChI=1S/C7H9BrN4S2/c1-4-6(8)5(14-12-4)3-10-11-7(9)13-2/h3H,1-2H3,(H2,9,11)/b10-3+. The van der Waals surface area contributed by atoms with E-state index < -0.39 is 0 Å². The Hall–Kier alpha value is -0.400. The second-order valence-electron chi connectivity index (χ2n) is 2.33. The maximum atomic E-state index is 5.46. The van der Waals surface area contributed by atoms with Gasteiger partial charge in [0.2, 0.25) is 0 Å². The number of aromatic nitrogens is 1. The molecule has 0 aliphatic carbocycles. The van der Waals surface area contributed by atoms with Crippen LogP contribution in [0.3, 0.4) is 0 Å². The minimum Gasteiger partial charge on any atom is -0.377 e. The van der Waals surface area contributed by atoms with Gasteiger partial charge in [-0.25, -0.2) is 0 Å². The molecule has 0 amide bonds. The van der Waals surface area contributed by atoms with E-state index in [9.17, 15) is 0 Å². The minimum atomic E-state index is 0.443. The summed E-state index contributed by atoms with van der Waals surface area (Å²) in [6.07, 6.45) is 3.49. The largest absolute Gasteiger partial charge is 0.377 e. The van der Waals surface area contributed by atoms with Crippen LogP contribution in [0.4, 0.5) is 0 Å². The van der Waals surface area contributed by atoms with Gasteiger partial charge in [-0.05, 0) is 40.6 Å². The van der Waals surface area contributed by atoms with Crippen molar-refractivity contribution in [2.75, 3.05) is 6.26 Å². The molecule has 1 aromatic rings. The van der Waals surface area contributed by atoms with Gasteiger partial charge < -0.3 is 5.73 Å². The van der Waals surface area contributed by atoms with Gasteiger partial charge in [0.1, 0.15) is 0 Å². The zero-order valence-corrected chi connectivity index (χ0v) is 10.9. The highest BCUT2D eigenvalue weighted by Crippen LogP contribution is 2.22. The molecule has 0 bridgehead atoms. The van der Waals surface area contributed by atoms with E-state index in [4.69, 9.17) is 5.73 Å². The number of hydrogen-bond acceptors (Lipinski definition) is 5. The molecule has 14 heavy (non-hydrogen) atoms. The number of rotatable bonds is 2. The Labute approximate surface area is 99.0 Å². The van der Waals surface area contributed by atoms with Crippen LogP contribution in [0.2, 0.25) is 0 Å². The summed E-state index contributed by atoms with van der Waals surface area (Å²) in [6, 6.07) is 0. The van der Waals surface area contributed by atoms with Crippen molar-refractivity contribution in [3.63, 3.8) is 0 Å². The third kappa shape index (κ3) is 3.07. The van der Waals surface area contributed by atoms with Crippen molar-refractivity contribution in [3.8, 4) is 0 Å². The molecule has 2 N–H and O–H groups in total. The fraction of sp³-hybridized carbons (Fsp3) is 0.286. The summed E-state index contributed by atoms with van der Waals surface area (Å²) < 4.78 is 5.11. The molecule has 0 aliphatic rings. The molecule has 1 aromatic heterocycles. The second-order valence-corrected chi connectivity index (χ2v) is 4.76. The van der Waals surface area contributed by atoms with E-state index in [1.54, 1.807) is 6.21 Å². The number of nitrogens with zero attached hydrogens (tertiary/aromatic N) is 3. The number of hydrogen-bond donors (Lipinski definition) is 1. The first-order valence-corrected chi connectivity index (χ1v) is 6.46. The molecule has 1 heterocycles. The van der Waals surface area contributed by atoms with Gasteiger partial charge >= 0.3 is 0 Å². The van der Waals surface area contributed by atoms with Crippen molar-refractivity contribution < 1.29 is 0 Å². The molecule has 0 radical (unpaired) electrons. The smallest absolute Gasteiger partial charge is 0.180 e. The summed E-state index contributed by atoms with van der Waals surface area (Å²) >= 11 is 6.14. The Morgan fingerprint density at radius 2 is 2.43 bits per heavy atom. The van der Waals surface area contributed by atoms with Gasteiger partial charge in [0.25, 0.3) is 0 Å². The van der Waals surface area contributed by atoms with Crippen LogP contribution < -0.4 is 5.73 Å². The van der Waals surface area contributed by atoms with Crippen molar-refractivity contribution in [2.45, 2.75) is 6.92 Å². The first kappa shape index (κ1) is 11.7. The summed E-state index contributed by atoms with van der Waals surface area (Å²) in [4.78, 5) is 0.945. The molecule has 4 nitrogen and oxygen atoms in total. The molecule has 0 fully saturated rings. The van der Waals surface area contributed by atoms with Crippen molar-refractivity contribution in [1.82, 2.24) is 4.37 Å². The molecule has 0 aromatic carbocycles. The normalized spacial score (nSPS) is 12.6. The van der Waals surface area contributed by atoms with Gasteiger partial charge in [-0.2, -0.15) is 9.47 Å². The zero-order chi connectivity index (χ0) is 10.6. The first-order chi connectivity index (χ1) is 6.65. The average Bonchev–Trinajstić information content (AvgIpc) is 2.49. The van der Waals surface area contributed by atoms with Crippen LogP contribution in [0.25, 0.3) is 0 Å². The second kappa shape index (κ2) is 5.47. The van der Waals surface area contributed by atoms with Gasteiger partial charge in [-0.1, -0.05) is 11.8 Å². The third-order valence-electron chi connectivity index (χ3n) is 1.36. The van der Waals surface area contributed by atoms with Crippen LogP contribution >= 0.6 is 39.2 Å². The Balaban J connectivity index is 2.74. The maximum absolute atomic E-state index is 5.46. The van der Waals surface area contributed by atoms with Gasteiger partial charge in [0.15, 0.2) is 5.17 Å². The molecule has 0 atom stereocenters. The topological polar surface area (TPSA) is 63.6 Å². The van der Waals surface area contributed by atoms with E-state index in [1.165, 1.54) is 23.3 Å². The molecular formula is C7H9BrN4S2. The van der Waals surface area contributed by atoms with E-state index in [0.717, 1.165) is 15.0 Å². The van der Waals surface area contributed by atoms with Crippen molar-refractivity contribution in [3.05, 3.63) is 15.0 Å². The summed E-state index contributed by atoms with van der Waals surface area (Å²) in [7, 11) is 0. The average molecular weight is 293 g/mol. The quantitative estimate of drug-likeness (QED) is 0.516. The zero-order valence-electron chi connectivity index (χ0n) is 7.69. The molecule has 7 heteroatoms. The monoisotopic (exact) mass is 292 g/mol. The number of nitrogens with two attached hydrogens (primary N) is 1. The predicted octanol–water partition coefficient (Wildman–Crippen LogP) is 2.23. The highest BCUT2D eigenvalue weighted by Gasteiger charge is 2.04. The Morgan fingerprint density at radius 1 is 1.71 bits per heavy atom. The summed E-state index contributed by atoms with van der Waals surface area (Å²) in [6.45, 7) is 1.93. The highest BCUT2D eigenvalue weighted by molar-refractivity contribution is 9.10. The molecule has 0 aliphatic heterocycles. The number of aryl methyl sites for hydroxylation is 1. The molecule has 0 saturated carbocycles. The van der Waals surface area contributed by atoms with Gasteiger partial charge in [0, 0.05) is 0 Å². The molecular weight excluding hydrogens is 284 g/mol. The lowest BCUT2D eigenvalue weighted by Crippen LogP contribution is -2.03. The fourth-order valence-corrected chi connectivity index (χ4v) is 1.94. The van der Waals surface area contributed by atoms with Gasteiger partial charge in [-0.3, -0.25) is 0 Å². The lowest BCUT2D eigenvalue weighted by molar-refractivity contribution is 1.25. The van der Waals surface area contributed by atoms with E-state index >= 15 is 0 Å². The van der Waals surface area contributed by atoms with E-state index in [-0.39, 0.29) is 0 Å². The van der Waals surface area contributed by atoms with Gasteiger partial charge in [0.05, 0.1) is 21.3 Å². The van der Waals surface area contributed by atoms with Crippen LogP contribution in [0, 0.1) is 6.92 Å². The van der Waals surface area contributed by atoms with E-state index in [1.807, 2.05) is 13.2 Å². The number of thioether (sulfide) groups is 1. The summed E-state index contributed by atoms with van der Waals surface area (Å²) in [5.74, 6) is 0. The SMILES string of the molecule is CS/C(N)=N\N=C\c1snc(C)c1Br. The van der Waals surface area contributed by atoms with Crippen molar-refractivity contribution in [2.24, 2.45) is 15.9 Å². The lowest BCUT2D eigenvalue weighted by Gasteiger charge is -1.88. The first-order valence-electron chi connectivity index (χ1n) is 3.67.